The molecule has 5 rings (SSSR count). The minimum absolute atomic E-state index is 0.400. The van der Waals surface area contributed by atoms with Crippen LogP contribution in [0, 0.1) is 36.5 Å². The summed E-state index contributed by atoms with van der Waals surface area (Å²) in [5.74, 6) is 0.482. The van der Waals surface area contributed by atoms with Crippen molar-refractivity contribution in [1.29, 1.82) is 10.5 Å². The first-order valence-corrected chi connectivity index (χ1v) is 9.87. The Morgan fingerprint density at radius 2 is 1.35 bits per heavy atom. The third-order valence-corrected chi connectivity index (χ3v) is 5.48. The fourth-order valence-corrected chi connectivity index (χ4v) is 3.99. The summed E-state index contributed by atoms with van der Waals surface area (Å²) in [5, 5.41) is 21.2. The number of rotatable bonds is 2. The summed E-state index contributed by atoms with van der Waals surface area (Å²) in [4.78, 5) is 8.52. The van der Waals surface area contributed by atoms with E-state index in [1.54, 1.807) is 6.07 Å². The molecule has 0 saturated heterocycles. The Kier molecular flexibility index (Phi) is 4.24. The second-order valence-corrected chi connectivity index (χ2v) is 7.63. The zero-order chi connectivity index (χ0) is 21.5. The molecule has 2 heterocycles. The van der Waals surface area contributed by atoms with Crippen molar-refractivity contribution in [1.82, 2.24) is 14.5 Å². The Morgan fingerprint density at radius 3 is 1.90 bits per heavy atom. The number of fused-ring (bicyclic) bond motifs is 3. The third-order valence-electron chi connectivity index (χ3n) is 5.48. The fraction of sp³-hybridized carbons (Fsp3) is 0.0769. The largest absolute Gasteiger partial charge is 0.308 e. The van der Waals surface area contributed by atoms with Crippen LogP contribution >= 0.6 is 0 Å². The van der Waals surface area contributed by atoms with Crippen molar-refractivity contribution in [2.45, 2.75) is 13.8 Å². The Hall–Kier alpha value is -4.48. The monoisotopic (exact) mass is 399 g/mol. The molecular formula is C26H17N5. The van der Waals surface area contributed by atoms with Crippen molar-refractivity contribution in [3.63, 3.8) is 0 Å². The number of hydrogen-bond donors (Lipinski definition) is 0. The maximum Gasteiger partial charge on any atom is 0.159 e. The Morgan fingerprint density at radius 1 is 0.742 bits per heavy atom. The highest BCUT2D eigenvalue weighted by Crippen LogP contribution is 2.35. The van der Waals surface area contributed by atoms with Gasteiger partial charge in [0.25, 0.3) is 0 Å². The Balaban J connectivity index is 1.78. The van der Waals surface area contributed by atoms with Gasteiger partial charge in [-0.25, -0.2) is 9.97 Å². The SMILES string of the molecule is Cc1ccc2c3ccc(C)cc3n(-c3ccc(-c4ncc(C#N)cn4)cc3C#N)c2c1. The molecule has 0 aliphatic heterocycles. The van der Waals surface area contributed by atoms with Crippen LogP contribution in [0.4, 0.5) is 0 Å². The van der Waals surface area contributed by atoms with Crippen molar-refractivity contribution >= 4 is 21.8 Å². The first kappa shape index (κ1) is 18.5. The zero-order valence-electron chi connectivity index (χ0n) is 17.1. The van der Waals surface area contributed by atoms with E-state index < -0.39 is 0 Å². The van der Waals surface area contributed by atoms with E-state index in [1.807, 2.05) is 18.2 Å². The molecule has 0 fully saturated rings. The molecule has 0 saturated carbocycles. The first-order valence-electron chi connectivity index (χ1n) is 9.87. The molecule has 31 heavy (non-hydrogen) atoms. The van der Waals surface area contributed by atoms with Crippen molar-refractivity contribution in [2.24, 2.45) is 0 Å². The number of hydrogen-bond acceptors (Lipinski definition) is 4. The standard InChI is InChI=1S/C26H17N5/c1-16-3-6-21-22-7-4-17(2)10-25(22)31(24(21)9-16)23-8-5-19(11-20(23)13-28)26-29-14-18(12-27)15-30-26/h3-11,14-15H,1-2H3. The van der Waals surface area contributed by atoms with Gasteiger partial charge in [0, 0.05) is 28.7 Å². The van der Waals surface area contributed by atoms with Gasteiger partial charge in [0.1, 0.15) is 12.1 Å². The van der Waals surface area contributed by atoms with E-state index in [0.717, 1.165) is 44.2 Å². The Labute approximate surface area is 179 Å². The van der Waals surface area contributed by atoms with Crippen molar-refractivity contribution < 1.29 is 0 Å². The Bertz CT molecular complexity index is 1500. The second kappa shape index (κ2) is 7.09. The van der Waals surface area contributed by atoms with E-state index in [4.69, 9.17) is 5.26 Å². The van der Waals surface area contributed by atoms with E-state index in [2.05, 4.69) is 70.8 Å². The molecule has 3 aromatic carbocycles. The smallest absolute Gasteiger partial charge is 0.159 e. The van der Waals surface area contributed by atoms with Crippen LogP contribution in [-0.2, 0) is 0 Å². The highest BCUT2D eigenvalue weighted by molar-refractivity contribution is 6.09. The second-order valence-electron chi connectivity index (χ2n) is 7.63. The summed E-state index contributed by atoms with van der Waals surface area (Å²) >= 11 is 0. The minimum Gasteiger partial charge on any atom is -0.308 e. The molecule has 0 radical (unpaired) electrons. The predicted molar refractivity (Wildman–Crippen MR) is 121 cm³/mol. The maximum absolute atomic E-state index is 9.98. The number of nitrogens with zero attached hydrogens (tertiary/aromatic N) is 5. The van der Waals surface area contributed by atoms with Crippen LogP contribution in [0.2, 0.25) is 0 Å². The van der Waals surface area contributed by atoms with Gasteiger partial charge in [0.15, 0.2) is 5.82 Å². The molecule has 0 bridgehead atoms. The van der Waals surface area contributed by atoms with Crippen molar-refractivity contribution in [3.8, 4) is 29.2 Å². The van der Waals surface area contributed by atoms with Gasteiger partial charge in [0.05, 0.1) is 27.8 Å². The lowest BCUT2D eigenvalue weighted by Crippen LogP contribution is -1.99. The highest BCUT2D eigenvalue weighted by Gasteiger charge is 2.16. The average molecular weight is 399 g/mol. The molecule has 0 unspecified atom stereocenters. The molecular weight excluding hydrogens is 382 g/mol. The lowest BCUT2D eigenvalue weighted by Gasteiger charge is -2.12. The van der Waals surface area contributed by atoms with Crippen LogP contribution in [-0.4, -0.2) is 14.5 Å². The van der Waals surface area contributed by atoms with Crippen LogP contribution in [0.1, 0.15) is 22.3 Å². The molecule has 0 amide bonds. The van der Waals surface area contributed by atoms with Gasteiger partial charge >= 0.3 is 0 Å². The van der Waals surface area contributed by atoms with E-state index >= 15 is 0 Å². The molecule has 0 atom stereocenters. The normalized spacial score (nSPS) is 10.8. The number of aromatic nitrogens is 3. The molecule has 0 spiro atoms. The summed E-state index contributed by atoms with van der Waals surface area (Å²) in [6.45, 7) is 4.15. The third kappa shape index (κ3) is 3.01. The van der Waals surface area contributed by atoms with Gasteiger partial charge < -0.3 is 4.57 Å². The predicted octanol–water partition coefficient (Wildman–Crippen LogP) is 5.60. The van der Waals surface area contributed by atoms with Gasteiger partial charge in [-0.2, -0.15) is 10.5 Å². The van der Waals surface area contributed by atoms with Crippen molar-refractivity contribution in [2.75, 3.05) is 0 Å². The number of aryl methyl sites for hydroxylation is 2. The lowest BCUT2D eigenvalue weighted by molar-refractivity contribution is 1.14. The zero-order valence-corrected chi connectivity index (χ0v) is 17.1. The summed E-state index contributed by atoms with van der Waals surface area (Å²) < 4.78 is 2.16. The van der Waals surface area contributed by atoms with Gasteiger partial charge in [-0.05, 0) is 55.3 Å². The lowest BCUT2D eigenvalue weighted by atomic mass is 10.1. The highest BCUT2D eigenvalue weighted by atomic mass is 15.0. The van der Waals surface area contributed by atoms with Crippen LogP contribution in [0.5, 0.6) is 0 Å². The van der Waals surface area contributed by atoms with Crippen LogP contribution < -0.4 is 0 Å². The number of benzene rings is 3. The summed E-state index contributed by atoms with van der Waals surface area (Å²) in [5.41, 5.74) is 6.95. The summed E-state index contributed by atoms with van der Waals surface area (Å²) in [6.07, 6.45) is 2.97. The molecule has 5 aromatic rings. The number of nitriles is 2. The molecule has 5 heteroatoms. The average Bonchev–Trinajstić information content (AvgIpc) is 3.10. The van der Waals surface area contributed by atoms with E-state index in [-0.39, 0.29) is 0 Å². The van der Waals surface area contributed by atoms with Crippen LogP contribution in [0.25, 0.3) is 38.9 Å². The van der Waals surface area contributed by atoms with Gasteiger partial charge in [-0.1, -0.05) is 24.3 Å². The van der Waals surface area contributed by atoms with Crippen molar-refractivity contribution in [3.05, 3.63) is 89.2 Å². The molecule has 0 N–H and O–H groups in total. The summed E-state index contributed by atoms with van der Waals surface area (Å²) in [7, 11) is 0. The first-order chi connectivity index (χ1) is 15.1. The minimum atomic E-state index is 0.400. The van der Waals surface area contributed by atoms with Crippen LogP contribution in [0.3, 0.4) is 0 Å². The topological polar surface area (TPSA) is 78.3 Å². The molecule has 0 aliphatic rings. The van der Waals surface area contributed by atoms with Gasteiger partial charge in [-0.3, -0.25) is 0 Å². The molecule has 0 aliphatic carbocycles. The van der Waals surface area contributed by atoms with Crippen LogP contribution in [0.15, 0.2) is 67.0 Å². The van der Waals surface area contributed by atoms with Gasteiger partial charge in [-0.15, -0.1) is 0 Å². The fourth-order valence-electron chi connectivity index (χ4n) is 3.99. The summed E-state index contributed by atoms with van der Waals surface area (Å²) in [6, 6.07) is 22.9. The van der Waals surface area contributed by atoms with E-state index in [0.29, 0.717) is 17.0 Å². The molecule has 146 valence electrons. The quantitative estimate of drug-likeness (QED) is 0.387. The van der Waals surface area contributed by atoms with E-state index in [9.17, 15) is 5.26 Å². The van der Waals surface area contributed by atoms with Gasteiger partial charge in [0.2, 0.25) is 0 Å². The molecule has 5 nitrogen and oxygen atoms in total. The maximum atomic E-state index is 9.98. The molecule has 2 aromatic heterocycles. The van der Waals surface area contributed by atoms with E-state index in [1.165, 1.54) is 12.4 Å².